The van der Waals surface area contributed by atoms with Gasteiger partial charge in [-0.2, -0.15) is 0 Å². The molecule has 0 N–H and O–H groups in total. The summed E-state index contributed by atoms with van der Waals surface area (Å²) in [5.41, 5.74) is 4.30. The van der Waals surface area contributed by atoms with Crippen LogP contribution < -0.4 is 0 Å². The molecule has 7 aromatic carbocycles. The van der Waals surface area contributed by atoms with Gasteiger partial charge in [-0.05, 0) is 49.9 Å². The number of benzene rings is 7. The van der Waals surface area contributed by atoms with Gasteiger partial charge in [0.25, 0.3) is 0 Å². The SMILES string of the molecule is [2H]c1c([2H])c([2H])c2c(-c3cccc4c3oc3ccccc34)c3c([2H])c([2H])c([2H])c([2H])c3c(-c3ccccc3-c3ccccc3)c2c1[2H]. The Bertz CT molecular complexity index is 2530. The first-order valence-corrected chi connectivity index (χ1v) is 12.7. The number of fused-ring (bicyclic) bond motifs is 5. The molecular formula is C38H24O. The molecule has 0 bridgehead atoms. The van der Waals surface area contributed by atoms with Gasteiger partial charge < -0.3 is 4.42 Å². The van der Waals surface area contributed by atoms with Crippen LogP contribution >= 0.6 is 0 Å². The summed E-state index contributed by atoms with van der Waals surface area (Å²) in [6.07, 6.45) is 0. The Balaban J connectivity index is 1.70. The highest BCUT2D eigenvalue weighted by atomic mass is 16.3. The second-order valence-electron chi connectivity index (χ2n) is 9.44. The van der Waals surface area contributed by atoms with E-state index in [1.54, 1.807) is 6.07 Å². The highest BCUT2D eigenvalue weighted by molar-refractivity contribution is 6.24. The van der Waals surface area contributed by atoms with Gasteiger partial charge in [0.2, 0.25) is 0 Å². The van der Waals surface area contributed by atoms with Crippen molar-refractivity contribution < 1.29 is 15.4 Å². The summed E-state index contributed by atoms with van der Waals surface area (Å²) >= 11 is 0. The van der Waals surface area contributed by atoms with E-state index in [1.165, 1.54) is 0 Å². The van der Waals surface area contributed by atoms with Crippen LogP contribution in [0, 0.1) is 0 Å². The maximum Gasteiger partial charge on any atom is 0.143 e. The first kappa shape index (κ1) is 15.3. The molecule has 1 nitrogen and oxygen atoms in total. The third-order valence-electron chi connectivity index (χ3n) is 7.33. The predicted octanol–water partition coefficient (Wildman–Crippen LogP) is 10.9. The van der Waals surface area contributed by atoms with Crippen LogP contribution in [0.4, 0.5) is 0 Å². The maximum absolute atomic E-state index is 9.29. The molecule has 0 aliphatic rings. The lowest BCUT2D eigenvalue weighted by Gasteiger charge is -2.19. The average molecular weight is 505 g/mol. The third-order valence-corrected chi connectivity index (χ3v) is 7.33. The Morgan fingerprint density at radius 2 is 0.923 bits per heavy atom. The van der Waals surface area contributed by atoms with Gasteiger partial charge in [0.15, 0.2) is 0 Å². The van der Waals surface area contributed by atoms with Crippen molar-refractivity contribution in [1.29, 1.82) is 0 Å². The molecule has 0 amide bonds. The number of hydrogen-bond acceptors (Lipinski definition) is 1. The third kappa shape index (κ3) is 3.34. The van der Waals surface area contributed by atoms with Crippen LogP contribution in [0.15, 0.2) is 150 Å². The van der Waals surface area contributed by atoms with Crippen molar-refractivity contribution in [3.63, 3.8) is 0 Å². The lowest BCUT2D eigenvalue weighted by atomic mass is 9.83. The minimum atomic E-state index is -0.442. The van der Waals surface area contributed by atoms with Crippen LogP contribution in [-0.4, -0.2) is 0 Å². The van der Waals surface area contributed by atoms with Gasteiger partial charge >= 0.3 is 0 Å². The molecule has 1 heterocycles. The van der Waals surface area contributed by atoms with Crippen molar-refractivity contribution in [1.82, 2.24) is 0 Å². The van der Waals surface area contributed by atoms with Crippen molar-refractivity contribution in [2.24, 2.45) is 0 Å². The lowest BCUT2D eigenvalue weighted by molar-refractivity contribution is 0.670. The van der Waals surface area contributed by atoms with Gasteiger partial charge in [0.1, 0.15) is 11.2 Å². The van der Waals surface area contributed by atoms with Crippen molar-refractivity contribution in [3.05, 3.63) is 145 Å². The average Bonchev–Trinajstić information content (AvgIpc) is 3.49. The molecule has 0 saturated heterocycles. The van der Waals surface area contributed by atoms with Crippen LogP contribution in [0.2, 0.25) is 0 Å². The van der Waals surface area contributed by atoms with Gasteiger partial charge in [0, 0.05) is 21.9 Å². The van der Waals surface area contributed by atoms with E-state index in [-0.39, 0.29) is 51.3 Å². The zero-order valence-corrected chi connectivity index (χ0v) is 20.6. The fourth-order valence-corrected chi connectivity index (χ4v) is 5.68. The summed E-state index contributed by atoms with van der Waals surface area (Å²) in [7, 11) is 0. The van der Waals surface area contributed by atoms with Gasteiger partial charge in [-0.15, -0.1) is 0 Å². The summed E-state index contributed by atoms with van der Waals surface area (Å²) in [6, 6.07) is 27.1. The predicted molar refractivity (Wildman–Crippen MR) is 165 cm³/mol. The van der Waals surface area contributed by atoms with Crippen LogP contribution in [-0.2, 0) is 0 Å². The van der Waals surface area contributed by atoms with Gasteiger partial charge in [0.05, 0.1) is 11.0 Å². The Morgan fingerprint density at radius 1 is 0.410 bits per heavy atom. The molecule has 8 aromatic rings. The van der Waals surface area contributed by atoms with E-state index in [0.717, 1.165) is 21.9 Å². The molecule has 0 unspecified atom stereocenters. The molecule has 0 radical (unpaired) electrons. The molecule has 0 aliphatic heterocycles. The van der Waals surface area contributed by atoms with E-state index < -0.39 is 24.2 Å². The summed E-state index contributed by atoms with van der Waals surface area (Å²) in [5, 5.41) is 2.27. The summed E-state index contributed by atoms with van der Waals surface area (Å²) in [5.74, 6) is 0. The van der Waals surface area contributed by atoms with E-state index in [0.29, 0.717) is 27.9 Å². The fourth-order valence-electron chi connectivity index (χ4n) is 5.68. The van der Waals surface area contributed by atoms with E-state index in [1.807, 2.05) is 91.0 Å². The van der Waals surface area contributed by atoms with Crippen LogP contribution in [0.1, 0.15) is 11.0 Å². The summed E-state index contributed by atoms with van der Waals surface area (Å²) in [4.78, 5) is 0. The normalized spacial score (nSPS) is 14.5. The summed E-state index contributed by atoms with van der Waals surface area (Å²) in [6.45, 7) is 0. The van der Waals surface area contributed by atoms with E-state index in [4.69, 9.17) is 9.90 Å². The molecular weight excluding hydrogens is 472 g/mol. The first-order chi connectivity index (χ1) is 22.7. The van der Waals surface area contributed by atoms with E-state index in [9.17, 15) is 5.48 Å². The topological polar surface area (TPSA) is 13.1 Å². The molecule has 0 fully saturated rings. The minimum Gasteiger partial charge on any atom is -0.455 e. The standard InChI is InChI=1S/C38H24O/c1-2-13-25(14-3-1)26-15-4-5-17-28(26)36-29-18-6-8-20-31(29)37(32-21-9-7-19-30(32)36)34-23-12-22-33-27-16-10-11-24-35(27)39-38(33)34/h1-24H/i6D,7D,8D,9D,18D,19D,20D,21D. The maximum atomic E-state index is 9.29. The monoisotopic (exact) mass is 504 g/mol. The van der Waals surface area contributed by atoms with Crippen LogP contribution in [0.25, 0.3) is 76.9 Å². The van der Waals surface area contributed by atoms with Crippen LogP contribution in [0.3, 0.4) is 0 Å². The first-order valence-electron chi connectivity index (χ1n) is 16.7. The second kappa shape index (κ2) is 8.72. The molecule has 1 heteroatoms. The highest BCUT2D eigenvalue weighted by Crippen LogP contribution is 2.47. The smallest absolute Gasteiger partial charge is 0.143 e. The largest absolute Gasteiger partial charge is 0.455 e. The molecule has 1 aromatic heterocycles. The Morgan fingerprint density at radius 3 is 1.62 bits per heavy atom. The molecule has 0 spiro atoms. The summed E-state index contributed by atoms with van der Waals surface area (Å²) < 4.78 is 78.5. The molecule has 0 saturated carbocycles. The quantitative estimate of drug-likeness (QED) is 0.218. The molecule has 0 atom stereocenters. The zero-order valence-electron chi connectivity index (χ0n) is 28.6. The van der Waals surface area contributed by atoms with Crippen molar-refractivity contribution in [2.75, 3.05) is 0 Å². The number of hydrogen-bond donors (Lipinski definition) is 0. The van der Waals surface area contributed by atoms with Gasteiger partial charge in [-0.3, -0.25) is 0 Å². The number of para-hydroxylation sites is 2. The Hall–Kier alpha value is -5.14. The van der Waals surface area contributed by atoms with Crippen molar-refractivity contribution >= 4 is 43.5 Å². The Kier molecular flexibility index (Phi) is 3.42. The highest BCUT2D eigenvalue weighted by Gasteiger charge is 2.21. The number of furan rings is 1. The fraction of sp³-hybridized carbons (Fsp3) is 0. The molecule has 0 aliphatic carbocycles. The minimum absolute atomic E-state index is 0.152. The zero-order chi connectivity index (χ0) is 32.7. The second-order valence-corrected chi connectivity index (χ2v) is 9.44. The van der Waals surface area contributed by atoms with Crippen molar-refractivity contribution in [3.8, 4) is 33.4 Å². The number of rotatable bonds is 3. The van der Waals surface area contributed by atoms with Crippen molar-refractivity contribution in [2.45, 2.75) is 0 Å². The molecule has 39 heavy (non-hydrogen) atoms. The molecule has 8 rings (SSSR count). The lowest BCUT2D eigenvalue weighted by Crippen LogP contribution is -1.92. The van der Waals surface area contributed by atoms with E-state index >= 15 is 0 Å². The van der Waals surface area contributed by atoms with Gasteiger partial charge in [-0.1, -0.05) is 139 Å². The van der Waals surface area contributed by atoms with Crippen LogP contribution in [0.5, 0.6) is 0 Å². The Labute approximate surface area is 237 Å². The molecule has 182 valence electrons. The van der Waals surface area contributed by atoms with Gasteiger partial charge in [-0.25, -0.2) is 0 Å². The van der Waals surface area contributed by atoms with E-state index in [2.05, 4.69) is 0 Å².